The third-order valence-corrected chi connectivity index (χ3v) is 4.64. The first-order valence-corrected chi connectivity index (χ1v) is 9.70. The standard InChI is InChI=1S/C21H34O2/c1-3-5-7-9-12-18-13-11-15-21(23-17-19-16-22-19)20(18)14-10-8-6-4-2/h11,13,15,19H,3-10,12,14,16-17H2,1-2H3. The summed E-state index contributed by atoms with van der Waals surface area (Å²) in [6, 6.07) is 6.61. The molecule has 2 rings (SSSR count). The van der Waals surface area contributed by atoms with Gasteiger partial charge in [-0.2, -0.15) is 0 Å². The van der Waals surface area contributed by atoms with E-state index in [0.29, 0.717) is 12.7 Å². The second-order valence-corrected chi connectivity index (χ2v) is 6.78. The van der Waals surface area contributed by atoms with Gasteiger partial charge in [-0.3, -0.25) is 0 Å². The summed E-state index contributed by atoms with van der Waals surface area (Å²) < 4.78 is 11.3. The highest BCUT2D eigenvalue weighted by molar-refractivity contribution is 5.40. The van der Waals surface area contributed by atoms with Crippen LogP contribution in [0.15, 0.2) is 18.2 Å². The van der Waals surface area contributed by atoms with E-state index in [-0.39, 0.29) is 0 Å². The zero-order valence-electron chi connectivity index (χ0n) is 15.1. The normalized spacial score (nSPS) is 16.5. The van der Waals surface area contributed by atoms with Crippen LogP contribution in [-0.2, 0) is 17.6 Å². The number of rotatable bonds is 13. The van der Waals surface area contributed by atoms with Crippen molar-refractivity contribution in [2.45, 2.75) is 84.2 Å². The van der Waals surface area contributed by atoms with Crippen molar-refractivity contribution in [1.82, 2.24) is 0 Å². The lowest BCUT2D eigenvalue weighted by atomic mass is 9.96. The summed E-state index contributed by atoms with van der Waals surface area (Å²) in [5, 5.41) is 0. The summed E-state index contributed by atoms with van der Waals surface area (Å²) in [4.78, 5) is 0. The minimum atomic E-state index is 0.330. The molecular formula is C21H34O2. The zero-order valence-corrected chi connectivity index (χ0v) is 15.1. The number of hydrogen-bond acceptors (Lipinski definition) is 2. The van der Waals surface area contributed by atoms with Gasteiger partial charge in [-0.1, -0.05) is 64.5 Å². The van der Waals surface area contributed by atoms with Gasteiger partial charge >= 0.3 is 0 Å². The highest BCUT2D eigenvalue weighted by Gasteiger charge is 2.23. The molecule has 2 heteroatoms. The molecule has 0 aliphatic carbocycles. The van der Waals surface area contributed by atoms with E-state index in [9.17, 15) is 0 Å². The number of ether oxygens (including phenoxy) is 2. The molecule has 0 bridgehead atoms. The van der Waals surface area contributed by atoms with Gasteiger partial charge in [-0.15, -0.1) is 0 Å². The van der Waals surface area contributed by atoms with E-state index in [0.717, 1.165) is 18.8 Å². The van der Waals surface area contributed by atoms with Crippen LogP contribution >= 0.6 is 0 Å². The number of benzene rings is 1. The highest BCUT2D eigenvalue weighted by Crippen LogP contribution is 2.27. The first kappa shape index (κ1) is 18.3. The molecule has 0 saturated carbocycles. The molecule has 1 aromatic carbocycles. The van der Waals surface area contributed by atoms with Gasteiger partial charge in [0.2, 0.25) is 0 Å². The fourth-order valence-electron chi connectivity index (χ4n) is 3.08. The second-order valence-electron chi connectivity index (χ2n) is 6.78. The molecule has 1 aliphatic heterocycles. The fourth-order valence-corrected chi connectivity index (χ4v) is 3.08. The van der Waals surface area contributed by atoms with Crippen LogP contribution in [0.25, 0.3) is 0 Å². The molecule has 1 aliphatic rings. The van der Waals surface area contributed by atoms with Crippen molar-refractivity contribution < 1.29 is 9.47 Å². The van der Waals surface area contributed by atoms with Crippen LogP contribution in [0.2, 0.25) is 0 Å². The van der Waals surface area contributed by atoms with E-state index in [1.807, 2.05) is 0 Å². The minimum Gasteiger partial charge on any atom is -0.490 e. The van der Waals surface area contributed by atoms with E-state index in [2.05, 4.69) is 32.0 Å². The summed E-state index contributed by atoms with van der Waals surface area (Å²) >= 11 is 0. The molecule has 23 heavy (non-hydrogen) atoms. The molecule has 1 fully saturated rings. The average Bonchev–Trinajstić information content (AvgIpc) is 3.39. The van der Waals surface area contributed by atoms with Crippen molar-refractivity contribution in [3.63, 3.8) is 0 Å². The Hall–Kier alpha value is -1.02. The lowest BCUT2D eigenvalue weighted by Crippen LogP contribution is -2.07. The maximum atomic E-state index is 6.06. The fraction of sp³-hybridized carbons (Fsp3) is 0.714. The van der Waals surface area contributed by atoms with E-state index in [4.69, 9.17) is 9.47 Å². The lowest BCUT2D eigenvalue weighted by Gasteiger charge is -2.15. The minimum absolute atomic E-state index is 0.330. The molecular weight excluding hydrogens is 284 g/mol. The Morgan fingerprint density at radius 3 is 2.30 bits per heavy atom. The third kappa shape index (κ3) is 6.95. The van der Waals surface area contributed by atoms with Crippen LogP contribution < -0.4 is 4.74 Å². The Morgan fingerprint density at radius 1 is 0.957 bits per heavy atom. The van der Waals surface area contributed by atoms with Gasteiger partial charge in [0, 0.05) is 0 Å². The molecule has 0 N–H and O–H groups in total. The van der Waals surface area contributed by atoms with Crippen LogP contribution in [-0.4, -0.2) is 19.3 Å². The number of hydrogen-bond donors (Lipinski definition) is 0. The Bertz CT molecular complexity index is 437. The van der Waals surface area contributed by atoms with Crippen LogP contribution in [0.3, 0.4) is 0 Å². The predicted octanol–water partition coefficient (Wildman–Crippen LogP) is 5.71. The number of epoxide rings is 1. The monoisotopic (exact) mass is 318 g/mol. The Kier molecular flexibility index (Phi) is 8.52. The first-order chi connectivity index (χ1) is 11.3. The van der Waals surface area contributed by atoms with E-state index < -0.39 is 0 Å². The number of aryl methyl sites for hydroxylation is 1. The Balaban J connectivity index is 1.95. The molecule has 0 radical (unpaired) electrons. The Morgan fingerprint density at radius 2 is 1.65 bits per heavy atom. The molecule has 2 nitrogen and oxygen atoms in total. The van der Waals surface area contributed by atoms with Crippen molar-refractivity contribution in [2.24, 2.45) is 0 Å². The van der Waals surface area contributed by atoms with Crippen LogP contribution in [0, 0.1) is 0 Å². The van der Waals surface area contributed by atoms with Crippen molar-refractivity contribution in [2.75, 3.05) is 13.2 Å². The van der Waals surface area contributed by atoms with E-state index in [1.54, 1.807) is 0 Å². The third-order valence-electron chi connectivity index (χ3n) is 4.64. The van der Waals surface area contributed by atoms with Gasteiger partial charge < -0.3 is 9.47 Å². The molecule has 1 atom stereocenters. The van der Waals surface area contributed by atoms with Gasteiger partial charge in [0.25, 0.3) is 0 Å². The first-order valence-electron chi connectivity index (χ1n) is 9.70. The van der Waals surface area contributed by atoms with Gasteiger partial charge in [0.1, 0.15) is 18.5 Å². The van der Waals surface area contributed by atoms with Gasteiger partial charge in [-0.05, 0) is 42.9 Å². The van der Waals surface area contributed by atoms with Crippen molar-refractivity contribution >= 4 is 0 Å². The molecule has 0 aromatic heterocycles. The molecule has 0 spiro atoms. The number of unbranched alkanes of at least 4 members (excludes halogenated alkanes) is 6. The SMILES string of the molecule is CCCCCCc1cccc(OCC2CO2)c1CCCCCC. The molecule has 0 amide bonds. The molecule has 1 heterocycles. The molecule has 1 saturated heterocycles. The van der Waals surface area contributed by atoms with E-state index in [1.165, 1.54) is 68.9 Å². The largest absolute Gasteiger partial charge is 0.490 e. The second kappa shape index (κ2) is 10.7. The van der Waals surface area contributed by atoms with Crippen molar-refractivity contribution in [3.05, 3.63) is 29.3 Å². The molecule has 1 aromatic rings. The quantitative estimate of drug-likeness (QED) is 0.343. The van der Waals surface area contributed by atoms with Gasteiger partial charge in [0.15, 0.2) is 0 Å². The molecule has 1 unspecified atom stereocenters. The van der Waals surface area contributed by atoms with Crippen molar-refractivity contribution in [3.8, 4) is 5.75 Å². The topological polar surface area (TPSA) is 21.8 Å². The highest BCUT2D eigenvalue weighted by atomic mass is 16.6. The van der Waals surface area contributed by atoms with Crippen LogP contribution in [0.4, 0.5) is 0 Å². The van der Waals surface area contributed by atoms with E-state index >= 15 is 0 Å². The summed E-state index contributed by atoms with van der Waals surface area (Å²) in [7, 11) is 0. The Labute approximate surface area is 142 Å². The smallest absolute Gasteiger partial charge is 0.122 e. The zero-order chi connectivity index (χ0) is 16.3. The maximum absolute atomic E-state index is 6.06. The lowest BCUT2D eigenvalue weighted by molar-refractivity contribution is 0.260. The van der Waals surface area contributed by atoms with Crippen molar-refractivity contribution in [1.29, 1.82) is 0 Å². The summed E-state index contributed by atoms with van der Waals surface area (Å²) in [6.45, 7) is 6.11. The summed E-state index contributed by atoms with van der Waals surface area (Å²) in [5.74, 6) is 1.10. The predicted molar refractivity (Wildman–Crippen MR) is 97.4 cm³/mol. The average molecular weight is 319 g/mol. The summed E-state index contributed by atoms with van der Waals surface area (Å²) in [6.07, 6.45) is 13.2. The summed E-state index contributed by atoms with van der Waals surface area (Å²) in [5.41, 5.74) is 2.97. The molecule has 130 valence electrons. The maximum Gasteiger partial charge on any atom is 0.122 e. The van der Waals surface area contributed by atoms with Crippen LogP contribution in [0.1, 0.15) is 76.3 Å². The van der Waals surface area contributed by atoms with Crippen LogP contribution in [0.5, 0.6) is 5.75 Å². The van der Waals surface area contributed by atoms with Gasteiger partial charge in [-0.25, -0.2) is 0 Å². The van der Waals surface area contributed by atoms with Gasteiger partial charge in [0.05, 0.1) is 6.61 Å².